The maximum atomic E-state index is 13.5. The topological polar surface area (TPSA) is 111 Å². The summed E-state index contributed by atoms with van der Waals surface area (Å²) in [4.78, 5) is 15.6. The van der Waals surface area contributed by atoms with Gasteiger partial charge in [-0.3, -0.25) is 4.98 Å². The molecule has 0 saturated carbocycles. The van der Waals surface area contributed by atoms with Crippen molar-refractivity contribution in [2.24, 2.45) is 0 Å². The molecule has 0 aliphatic carbocycles. The Morgan fingerprint density at radius 3 is 2.65 bits per heavy atom. The van der Waals surface area contributed by atoms with Gasteiger partial charge in [0, 0.05) is 12.2 Å². The van der Waals surface area contributed by atoms with Gasteiger partial charge in [-0.2, -0.15) is 4.31 Å². The van der Waals surface area contributed by atoms with E-state index in [-0.39, 0.29) is 35.7 Å². The maximum Gasteiger partial charge on any atom is 0.339 e. The number of hydrogen-bond acceptors (Lipinski definition) is 7. The Hall–Kier alpha value is -2.08. The van der Waals surface area contributed by atoms with Crippen molar-refractivity contribution in [3.63, 3.8) is 0 Å². The van der Waals surface area contributed by atoms with Gasteiger partial charge in [0.15, 0.2) is 9.84 Å². The number of nitrogens with zero attached hydrogens (tertiary/aromatic N) is 2. The van der Waals surface area contributed by atoms with Crippen molar-refractivity contribution >= 4 is 38.3 Å². The Balaban J connectivity index is 1.84. The van der Waals surface area contributed by atoms with E-state index in [0.717, 1.165) is 6.07 Å². The lowest BCUT2D eigenvalue weighted by molar-refractivity contribution is 0.0600. The molecule has 0 bridgehead atoms. The van der Waals surface area contributed by atoms with Gasteiger partial charge in [-0.05, 0) is 42.7 Å². The Bertz CT molecular complexity index is 1150. The standard InChI is InChI=1S/C19H20ClFN2O6S2/c1-29-19(24)13-2-4-14(22-10-13)11-23(30(25)26)15-6-7-31(27,28)18(9-15)12-3-5-17(21)16(20)8-12/h2-5,8,10,15,18,30H,6-7,9,11H2,1H3. The number of sulfone groups is 1. The molecule has 0 amide bonds. The van der Waals surface area contributed by atoms with Gasteiger partial charge in [0.2, 0.25) is 10.9 Å². The molecule has 2 aromatic rings. The number of esters is 1. The first-order valence-electron chi connectivity index (χ1n) is 9.23. The van der Waals surface area contributed by atoms with Crippen LogP contribution in [0, 0.1) is 5.82 Å². The average molecular weight is 491 g/mol. The van der Waals surface area contributed by atoms with Crippen molar-refractivity contribution in [2.75, 3.05) is 12.9 Å². The lowest BCUT2D eigenvalue weighted by Crippen LogP contribution is -2.41. The Morgan fingerprint density at radius 2 is 2.06 bits per heavy atom. The van der Waals surface area contributed by atoms with Gasteiger partial charge in [-0.1, -0.05) is 17.7 Å². The molecule has 2 atom stereocenters. The van der Waals surface area contributed by atoms with E-state index in [1.165, 1.54) is 41.9 Å². The molecule has 1 aliphatic heterocycles. The van der Waals surface area contributed by atoms with Gasteiger partial charge in [-0.15, -0.1) is 0 Å². The summed E-state index contributed by atoms with van der Waals surface area (Å²) < 4.78 is 68.5. The van der Waals surface area contributed by atoms with Crippen LogP contribution in [0.5, 0.6) is 0 Å². The summed E-state index contributed by atoms with van der Waals surface area (Å²) in [5, 5.41) is -1.20. The molecule has 3 rings (SSSR count). The number of thiol groups is 1. The second kappa shape index (κ2) is 9.60. The quantitative estimate of drug-likeness (QED) is 0.488. The van der Waals surface area contributed by atoms with Crippen LogP contribution in [-0.4, -0.2) is 51.0 Å². The smallest absolute Gasteiger partial charge is 0.339 e. The minimum Gasteiger partial charge on any atom is -0.465 e. The van der Waals surface area contributed by atoms with E-state index in [1.54, 1.807) is 0 Å². The van der Waals surface area contributed by atoms with Crippen LogP contribution in [0.25, 0.3) is 0 Å². The van der Waals surface area contributed by atoms with Crippen LogP contribution in [0.2, 0.25) is 5.02 Å². The molecule has 2 heterocycles. The fourth-order valence-electron chi connectivity index (χ4n) is 3.52. The fraction of sp³-hybridized carbons (Fsp3) is 0.368. The van der Waals surface area contributed by atoms with E-state index in [4.69, 9.17) is 11.6 Å². The van der Waals surface area contributed by atoms with E-state index in [0.29, 0.717) is 11.3 Å². The molecule has 1 aliphatic rings. The van der Waals surface area contributed by atoms with E-state index >= 15 is 0 Å². The molecule has 2 unspecified atom stereocenters. The summed E-state index contributed by atoms with van der Waals surface area (Å²) in [6.45, 7) is -0.0816. The highest BCUT2D eigenvalue weighted by Gasteiger charge is 2.38. The lowest BCUT2D eigenvalue weighted by atomic mass is 10.0. The molecule has 0 N–H and O–H groups in total. The summed E-state index contributed by atoms with van der Waals surface area (Å²) in [5.74, 6) is -1.45. The minimum atomic E-state index is -3.56. The van der Waals surface area contributed by atoms with Crippen LogP contribution in [0.15, 0.2) is 36.5 Å². The first-order chi connectivity index (χ1) is 14.6. The van der Waals surface area contributed by atoms with Gasteiger partial charge < -0.3 is 4.74 Å². The highest BCUT2D eigenvalue weighted by Crippen LogP contribution is 2.37. The normalized spacial score (nSPS) is 20.7. The van der Waals surface area contributed by atoms with Crippen LogP contribution in [-0.2, 0) is 32.0 Å². The molecular formula is C19H20ClFN2O6S2. The van der Waals surface area contributed by atoms with Crippen molar-refractivity contribution in [1.29, 1.82) is 0 Å². The molecule has 1 fully saturated rings. The van der Waals surface area contributed by atoms with Crippen LogP contribution in [0.3, 0.4) is 0 Å². The minimum absolute atomic E-state index is 0.00779. The van der Waals surface area contributed by atoms with Gasteiger partial charge in [0.1, 0.15) is 5.82 Å². The van der Waals surface area contributed by atoms with Gasteiger partial charge >= 0.3 is 5.97 Å². The first kappa shape index (κ1) is 23.6. The predicted octanol–water partition coefficient (Wildman–Crippen LogP) is 2.31. The third-order valence-electron chi connectivity index (χ3n) is 5.17. The zero-order chi connectivity index (χ0) is 22.8. The summed E-state index contributed by atoms with van der Waals surface area (Å²) in [6.07, 6.45) is 1.41. The summed E-state index contributed by atoms with van der Waals surface area (Å²) >= 11 is 5.81. The Labute approximate surface area is 186 Å². The number of carbonyl (C=O) groups excluding carboxylic acids is 1. The van der Waals surface area contributed by atoms with Crippen molar-refractivity contribution in [2.45, 2.75) is 30.7 Å². The summed E-state index contributed by atoms with van der Waals surface area (Å²) in [5.41, 5.74) is 0.931. The van der Waals surface area contributed by atoms with Gasteiger partial charge in [0.25, 0.3) is 0 Å². The second-order valence-corrected chi connectivity index (χ2v) is 10.8. The molecular weight excluding hydrogens is 471 g/mol. The number of hydrogen-bond donors (Lipinski definition) is 1. The Morgan fingerprint density at radius 1 is 1.32 bits per heavy atom. The van der Waals surface area contributed by atoms with Gasteiger partial charge in [-0.25, -0.2) is 26.0 Å². The van der Waals surface area contributed by atoms with Gasteiger partial charge in [0.05, 0.1) is 40.9 Å². The predicted molar refractivity (Wildman–Crippen MR) is 112 cm³/mol. The van der Waals surface area contributed by atoms with Crippen molar-refractivity contribution in [3.05, 3.63) is 64.2 Å². The van der Waals surface area contributed by atoms with Crippen molar-refractivity contribution in [3.8, 4) is 0 Å². The van der Waals surface area contributed by atoms with E-state index in [9.17, 15) is 26.0 Å². The zero-order valence-electron chi connectivity index (χ0n) is 16.4. The van der Waals surface area contributed by atoms with E-state index in [1.807, 2.05) is 0 Å². The molecule has 8 nitrogen and oxygen atoms in total. The molecule has 168 valence electrons. The van der Waals surface area contributed by atoms with Crippen molar-refractivity contribution < 1.29 is 30.8 Å². The number of benzene rings is 1. The summed E-state index contributed by atoms with van der Waals surface area (Å²) in [6, 6.07) is 6.08. The third kappa shape index (κ3) is 5.40. The Kier molecular flexibility index (Phi) is 7.30. The number of aromatic nitrogens is 1. The number of rotatable bonds is 6. The van der Waals surface area contributed by atoms with Crippen LogP contribution >= 0.6 is 11.6 Å². The molecule has 0 spiro atoms. The van der Waals surface area contributed by atoms with E-state index < -0.39 is 43.8 Å². The molecule has 12 heteroatoms. The van der Waals surface area contributed by atoms with Crippen LogP contribution in [0.4, 0.5) is 4.39 Å². The first-order valence-corrected chi connectivity index (χ1v) is 12.5. The molecule has 31 heavy (non-hydrogen) atoms. The summed E-state index contributed by atoms with van der Waals surface area (Å²) in [7, 11) is -5.37. The zero-order valence-corrected chi connectivity index (χ0v) is 18.9. The second-order valence-electron chi connectivity index (χ2n) is 7.07. The van der Waals surface area contributed by atoms with E-state index in [2.05, 4.69) is 9.72 Å². The average Bonchev–Trinajstić information content (AvgIpc) is 2.74. The van der Waals surface area contributed by atoms with Crippen LogP contribution in [0.1, 0.15) is 39.7 Å². The number of halogens is 2. The highest BCUT2D eigenvalue weighted by molar-refractivity contribution is 7.91. The number of ether oxygens (including phenoxy) is 1. The number of pyridine rings is 1. The fourth-order valence-corrected chi connectivity index (χ4v) is 6.41. The van der Waals surface area contributed by atoms with Crippen molar-refractivity contribution in [1.82, 2.24) is 9.29 Å². The SMILES string of the molecule is COC(=O)c1ccc(CN(C2CCS(=O)(=O)C(c3ccc(F)c(Cl)c3)C2)[SH](=O)=O)nc1. The molecule has 1 saturated heterocycles. The largest absolute Gasteiger partial charge is 0.465 e. The molecule has 1 aromatic carbocycles. The molecule has 0 radical (unpaired) electrons. The monoisotopic (exact) mass is 490 g/mol. The molecule has 1 aromatic heterocycles. The van der Waals surface area contributed by atoms with Crippen LogP contribution < -0.4 is 0 Å². The number of carbonyl (C=O) groups is 1. The lowest BCUT2D eigenvalue weighted by Gasteiger charge is -2.34. The third-order valence-corrected chi connectivity index (χ3v) is 8.49. The number of methoxy groups -OCH3 is 1. The highest BCUT2D eigenvalue weighted by atomic mass is 35.5. The maximum absolute atomic E-state index is 13.5.